The Morgan fingerprint density at radius 3 is 0.915 bits per heavy atom. The van der Waals surface area contributed by atoms with E-state index in [0.717, 1.165) is 89.9 Å². The van der Waals surface area contributed by atoms with Crippen molar-refractivity contribution in [3.63, 3.8) is 0 Å². The third-order valence-electron chi connectivity index (χ3n) is 12.6. The van der Waals surface area contributed by atoms with Crippen LogP contribution in [0.25, 0.3) is 0 Å². The molecule has 0 saturated heterocycles. The second kappa shape index (κ2) is 58.9. The van der Waals surface area contributed by atoms with E-state index < -0.39 is 6.10 Å². The van der Waals surface area contributed by atoms with Gasteiger partial charge in [0.15, 0.2) is 6.10 Å². The van der Waals surface area contributed by atoms with Crippen LogP contribution in [0.1, 0.15) is 278 Å². The van der Waals surface area contributed by atoms with Gasteiger partial charge in [0.2, 0.25) is 0 Å². The van der Waals surface area contributed by atoms with Gasteiger partial charge in [-0.1, -0.05) is 272 Å². The third kappa shape index (κ3) is 57.1. The van der Waals surface area contributed by atoms with Crippen molar-refractivity contribution < 1.29 is 28.6 Å². The number of rotatable bonds is 53. The van der Waals surface area contributed by atoms with Gasteiger partial charge in [0, 0.05) is 19.3 Å². The van der Waals surface area contributed by atoms with Gasteiger partial charge < -0.3 is 14.2 Å². The first-order valence-corrected chi connectivity index (χ1v) is 29.7. The lowest BCUT2D eigenvalue weighted by molar-refractivity contribution is -0.166. The SMILES string of the molecule is CC/C=C\C/C=C\C/C=C\C/C=C\CCCCCCCCCCCCCCCCCCCCCCC(=O)OCC(COC(=O)CCCCCCCCC)OC(=O)CC/C=C\C/C=C\C/C=C\C/C=C\CC. The molecule has 0 bridgehead atoms. The van der Waals surface area contributed by atoms with E-state index in [2.05, 4.69) is 106 Å². The summed E-state index contributed by atoms with van der Waals surface area (Å²) in [6.45, 7) is 6.31. The zero-order valence-electron chi connectivity index (χ0n) is 46.5. The molecule has 1 atom stereocenters. The molecule has 6 nitrogen and oxygen atoms in total. The van der Waals surface area contributed by atoms with E-state index in [4.69, 9.17) is 14.2 Å². The van der Waals surface area contributed by atoms with Crippen LogP contribution in [0.4, 0.5) is 0 Å². The van der Waals surface area contributed by atoms with Gasteiger partial charge in [-0.2, -0.15) is 0 Å². The Balaban J connectivity index is 4.01. The second-order valence-electron chi connectivity index (χ2n) is 19.5. The number of hydrogen-bond acceptors (Lipinski definition) is 6. The van der Waals surface area contributed by atoms with Gasteiger partial charge in [0.1, 0.15) is 13.2 Å². The summed E-state index contributed by atoms with van der Waals surface area (Å²) >= 11 is 0. The number of carbonyl (C=O) groups is 3. The zero-order valence-corrected chi connectivity index (χ0v) is 46.5. The highest BCUT2D eigenvalue weighted by Crippen LogP contribution is 2.16. The van der Waals surface area contributed by atoms with Gasteiger partial charge in [0.05, 0.1) is 0 Å². The first kappa shape index (κ1) is 67.3. The lowest BCUT2D eigenvalue weighted by Gasteiger charge is -2.18. The van der Waals surface area contributed by atoms with E-state index in [9.17, 15) is 14.4 Å². The quantitative estimate of drug-likeness (QED) is 0.0261. The Bertz CT molecular complexity index is 1410. The fraction of sp³-hybridized carbons (Fsp3) is 0.708. The summed E-state index contributed by atoms with van der Waals surface area (Å²) in [6, 6.07) is 0. The molecule has 6 heteroatoms. The van der Waals surface area contributed by atoms with Crippen LogP contribution in [-0.4, -0.2) is 37.2 Å². The number of hydrogen-bond donors (Lipinski definition) is 0. The maximum absolute atomic E-state index is 12.7. The van der Waals surface area contributed by atoms with Gasteiger partial charge in [-0.15, -0.1) is 0 Å². The van der Waals surface area contributed by atoms with Crippen LogP contribution >= 0.6 is 0 Å². The topological polar surface area (TPSA) is 78.9 Å². The van der Waals surface area contributed by atoms with Gasteiger partial charge in [-0.05, 0) is 83.5 Å². The fourth-order valence-corrected chi connectivity index (χ4v) is 8.21. The molecule has 0 rings (SSSR count). The van der Waals surface area contributed by atoms with Crippen molar-refractivity contribution in [2.75, 3.05) is 13.2 Å². The molecule has 0 aromatic heterocycles. The van der Waals surface area contributed by atoms with Crippen LogP contribution in [0.15, 0.2) is 97.2 Å². The minimum Gasteiger partial charge on any atom is -0.462 e. The minimum absolute atomic E-state index is 0.103. The smallest absolute Gasteiger partial charge is 0.306 e. The summed E-state index contributed by atoms with van der Waals surface area (Å²) in [5.41, 5.74) is 0. The predicted molar refractivity (Wildman–Crippen MR) is 307 cm³/mol. The molecular formula is C65H110O6. The van der Waals surface area contributed by atoms with Crippen molar-refractivity contribution in [3.05, 3.63) is 97.2 Å². The molecule has 406 valence electrons. The van der Waals surface area contributed by atoms with E-state index >= 15 is 0 Å². The van der Waals surface area contributed by atoms with E-state index in [-0.39, 0.29) is 37.5 Å². The summed E-state index contributed by atoms with van der Waals surface area (Å²) in [7, 11) is 0. The van der Waals surface area contributed by atoms with Crippen LogP contribution in [0, 0.1) is 0 Å². The average Bonchev–Trinajstić information content (AvgIpc) is 3.37. The Morgan fingerprint density at radius 1 is 0.296 bits per heavy atom. The van der Waals surface area contributed by atoms with Crippen molar-refractivity contribution in [1.29, 1.82) is 0 Å². The lowest BCUT2D eigenvalue weighted by Crippen LogP contribution is -2.30. The highest BCUT2D eigenvalue weighted by Gasteiger charge is 2.19. The van der Waals surface area contributed by atoms with Crippen molar-refractivity contribution in [1.82, 2.24) is 0 Å². The van der Waals surface area contributed by atoms with Gasteiger partial charge in [-0.25, -0.2) is 0 Å². The van der Waals surface area contributed by atoms with Crippen molar-refractivity contribution in [3.8, 4) is 0 Å². The molecule has 0 N–H and O–H groups in total. The van der Waals surface area contributed by atoms with E-state index in [1.54, 1.807) is 0 Å². The lowest BCUT2D eigenvalue weighted by atomic mass is 10.0. The molecule has 0 radical (unpaired) electrons. The molecule has 1 unspecified atom stereocenters. The Morgan fingerprint density at radius 2 is 0.577 bits per heavy atom. The highest BCUT2D eigenvalue weighted by molar-refractivity contribution is 5.71. The van der Waals surface area contributed by atoms with Gasteiger partial charge in [0.25, 0.3) is 0 Å². The van der Waals surface area contributed by atoms with Gasteiger partial charge in [-0.3, -0.25) is 14.4 Å². The van der Waals surface area contributed by atoms with Crippen LogP contribution in [0.3, 0.4) is 0 Å². The van der Waals surface area contributed by atoms with Crippen molar-refractivity contribution >= 4 is 17.9 Å². The second-order valence-corrected chi connectivity index (χ2v) is 19.5. The van der Waals surface area contributed by atoms with Crippen molar-refractivity contribution in [2.45, 2.75) is 284 Å². The van der Waals surface area contributed by atoms with E-state index in [0.29, 0.717) is 19.3 Å². The predicted octanol–water partition coefficient (Wildman–Crippen LogP) is 20.1. The first-order valence-electron chi connectivity index (χ1n) is 29.7. The Hall–Kier alpha value is -3.67. The van der Waals surface area contributed by atoms with Crippen LogP contribution in [0.5, 0.6) is 0 Å². The number of unbranched alkanes of at least 4 members (excludes halogenated alkanes) is 26. The number of carbonyl (C=O) groups excluding carboxylic acids is 3. The summed E-state index contributed by atoms with van der Waals surface area (Å²) < 4.78 is 16.7. The van der Waals surface area contributed by atoms with Gasteiger partial charge >= 0.3 is 17.9 Å². The first-order chi connectivity index (χ1) is 35.0. The molecule has 0 spiro atoms. The summed E-state index contributed by atoms with van der Waals surface area (Å²) in [5, 5.41) is 0. The monoisotopic (exact) mass is 987 g/mol. The maximum atomic E-state index is 12.7. The molecule has 0 aliphatic heterocycles. The molecule has 0 aromatic carbocycles. The average molecular weight is 988 g/mol. The number of esters is 3. The molecule has 0 aromatic rings. The summed E-state index contributed by atoms with van der Waals surface area (Å²) in [6.07, 6.45) is 79.0. The molecule has 0 saturated carbocycles. The van der Waals surface area contributed by atoms with Crippen LogP contribution in [0.2, 0.25) is 0 Å². The van der Waals surface area contributed by atoms with Crippen molar-refractivity contribution in [2.24, 2.45) is 0 Å². The number of ether oxygens (including phenoxy) is 3. The number of allylic oxidation sites excluding steroid dienone is 16. The molecule has 0 aliphatic carbocycles. The summed E-state index contributed by atoms with van der Waals surface area (Å²) in [5.74, 6) is -0.987. The fourth-order valence-electron chi connectivity index (χ4n) is 8.21. The van der Waals surface area contributed by atoms with E-state index in [1.165, 1.54) is 141 Å². The maximum Gasteiger partial charge on any atom is 0.306 e. The van der Waals surface area contributed by atoms with Crippen LogP contribution in [-0.2, 0) is 28.6 Å². The largest absolute Gasteiger partial charge is 0.462 e. The standard InChI is InChI=1S/C65H110O6/c1-4-7-10-13-16-18-20-22-23-24-25-26-27-28-29-30-31-32-33-34-35-36-37-38-39-40-41-43-44-46-49-52-55-58-64(67)70-61-62(60-69-63(66)57-54-51-48-15-12-9-6-3)71-65(68)59-56-53-50-47-45-42-21-19-17-14-11-8-5-2/h7-8,10-11,16-19,22-23,25-26,42,45,50,53,62H,4-6,9,12-15,20-21,24,27-41,43-44,46-49,51-52,54-61H2,1-3H3/b10-7-,11-8-,18-16-,19-17-,23-22-,26-25-,45-42-,53-50-. The molecule has 0 aliphatic rings. The molecule has 0 heterocycles. The molecular weight excluding hydrogens is 877 g/mol. The molecule has 0 amide bonds. The Labute approximate surface area is 438 Å². The van der Waals surface area contributed by atoms with Crippen LogP contribution < -0.4 is 0 Å². The zero-order chi connectivity index (χ0) is 51.4. The minimum atomic E-state index is -0.810. The molecule has 71 heavy (non-hydrogen) atoms. The third-order valence-corrected chi connectivity index (χ3v) is 12.6. The normalized spacial score (nSPS) is 12.8. The Kier molecular flexibility index (Phi) is 55.9. The van der Waals surface area contributed by atoms with E-state index in [1.807, 2.05) is 12.2 Å². The highest BCUT2D eigenvalue weighted by atomic mass is 16.6. The summed E-state index contributed by atoms with van der Waals surface area (Å²) in [4.78, 5) is 37.8. The molecule has 0 fully saturated rings.